The molecule has 2 heterocycles. The number of amides is 3. The normalized spacial score (nSPS) is 21.3. The van der Waals surface area contributed by atoms with Crippen LogP contribution in [-0.4, -0.2) is 48.0 Å². The minimum absolute atomic E-state index is 0.0195. The zero-order valence-electron chi connectivity index (χ0n) is 15.6. The van der Waals surface area contributed by atoms with Crippen LogP contribution < -0.4 is 19.5 Å². The van der Waals surface area contributed by atoms with Crippen molar-refractivity contribution >= 4 is 11.9 Å². The third-order valence-corrected chi connectivity index (χ3v) is 4.89. The number of rotatable bonds is 6. The van der Waals surface area contributed by atoms with Gasteiger partial charge in [-0.25, -0.2) is 9.18 Å². The lowest BCUT2D eigenvalue weighted by atomic mass is 9.91. The van der Waals surface area contributed by atoms with Crippen LogP contribution in [0.1, 0.15) is 12.5 Å². The van der Waals surface area contributed by atoms with Crippen molar-refractivity contribution in [3.8, 4) is 17.2 Å². The highest BCUT2D eigenvalue weighted by molar-refractivity contribution is 6.07. The third-order valence-electron chi connectivity index (χ3n) is 4.89. The van der Waals surface area contributed by atoms with Gasteiger partial charge in [0.25, 0.3) is 5.91 Å². The van der Waals surface area contributed by atoms with Crippen LogP contribution in [0.2, 0.25) is 0 Å². The van der Waals surface area contributed by atoms with Crippen molar-refractivity contribution in [1.82, 2.24) is 10.2 Å². The molecule has 0 saturated carbocycles. The number of aliphatic hydroxyl groups excluding tert-OH is 1. The summed E-state index contributed by atoms with van der Waals surface area (Å²) in [5, 5.41) is 12.9. The van der Waals surface area contributed by atoms with Crippen LogP contribution >= 0.6 is 0 Å². The zero-order valence-corrected chi connectivity index (χ0v) is 15.6. The Bertz CT molecular complexity index is 968. The summed E-state index contributed by atoms with van der Waals surface area (Å²) in [6.45, 7) is 1.10. The second-order valence-electron chi connectivity index (χ2n) is 6.93. The van der Waals surface area contributed by atoms with Crippen LogP contribution in [0.4, 0.5) is 9.18 Å². The number of hydrogen-bond donors (Lipinski definition) is 2. The number of halogens is 1. The molecule has 1 fully saturated rings. The number of urea groups is 1. The fraction of sp³-hybridized carbons (Fsp3) is 0.300. The molecule has 3 amide bonds. The summed E-state index contributed by atoms with van der Waals surface area (Å²) in [7, 11) is 0. The molecule has 0 aromatic heterocycles. The fourth-order valence-electron chi connectivity index (χ4n) is 3.28. The van der Waals surface area contributed by atoms with E-state index in [1.807, 2.05) is 0 Å². The van der Waals surface area contributed by atoms with E-state index >= 15 is 0 Å². The predicted molar refractivity (Wildman–Crippen MR) is 98.1 cm³/mol. The number of aliphatic hydroxyl groups is 1. The zero-order chi connectivity index (χ0) is 20.6. The molecule has 2 N–H and O–H groups in total. The number of nitrogens with zero attached hydrogens (tertiary/aromatic N) is 1. The molecular weight excluding hydrogens is 383 g/mol. The van der Waals surface area contributed by atoms with Crippen molar-refractivity contribution in [2.24, 2.45) is 0 Å². The molecule has 0 spiro atoms. The van der Waals surface area contributed by atoms with Crippen molar-refractivity contribution in [1.29, 1.82) is 0 Å². The molecule has 2 aromatic rings. The van der Waals surface area contributed by atoms with E-state index in [1.165, 1.54) is 18.2 Å². The van der Waals surface area contributed by atoms with Crippen molar-refractivity contribution in [2.75, 3.05) is 19.9 Å². The van der Waals surface area contributed by atoms with Gasteiger partial charge in [-0.1, -0.05) is 18.2 Å². The Morgan fingerprint density at radius 3 is 2.79 bits per heavy atom. The fourth-order valence-corrected chi connectivity index (χ4v) is 3.28. The molecule has 9 heteroatoms. The van der Waals surface area contributed by atoms with E-state index in [0.717, 1.165) is 4.90 Å². The first kappa shape index (κ1) is 19.0. The molecule has 2 atom stereocenters. The van der Waals surface area contributed by atoms with Gasteiger partial charge in [0.05, 0.1) is 6.54 Å². The molecule has 2 aliphatic rings. The first-order valence-corrected chi connectivity index (χ1v) is 8.98. The highest BCUT2D eigenvalue weighted by Crippen LogP contribution is 2.37. The predicted octanol–water partition coefficient (Wildman–Crippen LogP) is 1.76. The highest BCUT2D eigenvalue weighted by Gasteiger charge is 2.49. The summed E-state index contributed by atoms with van der Waals surface area (Å²) < 4.78 is 29.4. The van der Waals surface area contributed by atoms with Crippen molar-refractivity contribution < 1.29 is 33.3 Å². The number of carbonyl (C=O) groups is 2. The maximum atomic E-state index is 13.6. The number of imide groups is 1. The van der Waals surface area contributed by atoms with E-state index in [2.05, 4.69) is 5.32 Å². The monoisotopic (exact) mass is 402 g/mol. The number of ether oxygens (including phenoxy) is 3. The van der Waals surface area contributed by atoms with E-state index < -0.39 is 29.4 Å². The topological polar surface area (TPSA) is 97.3 Å². The summed E-state index contributed by atoms with van der Waals surface area (Å²) >= 11 is 0. The van der Waals surface area contributed by atoms with Gasteiger partial charge in [0.2, 0.25) is 6.79 Å². The molecule has 0 unspecified atom stereocenters. The SMILES string of the molecule is C[C@]1(c2ccc3c(c2)OCO3)NC(=O)N(C[C@@H](O)COc2ccccc2F)C1=O. The van der Waals surface area contributed by atoms with E-state index in [4.69, 9.17) is 14.2 Å². The van der Waals surface area contributed by atoms with Crippen LogP contribution in [0.25, 0.3) is 0 Å². The number of benzene rings is 2. The maximum Gasteiger partial charge on any atom is 0.325 e. The molecule has 2 aromatic carbocycles. The van der Waals surface area contributed by atoms with Crippen molar-refractivity contribution in [2.45, 2.75) is 18.6 Å². The van der Waals surface area contributed by atoms with Gasteiger partial charge >= 0.3 is 6.03 Å². The van der Waals surface area contributed by atoms with Crippen LogP contribution in [0.5, 0.6) is 17.2 Å². The average molecular weight is 402 g/mol. The van der Waals surface area contributed by atoms with E-state index in [1.54, 1.807) is 31.2 Å². The van der Waals surface area contributed by atoms with Gasteiger partial charge < -0.3 is 24.6 Å². The van der Waals surface area contributed by atoms with Crippen LogP contribution in [0.3, 0.4) is 0 Å². The standard InChI is InChI=1S/C20H19FN2O6/c1-20(12-6-7-16-17(8-12)29-11-28-16)18(25)23(19(26)22-20)9-13(24)10-27-15-5-3-2-4-14(15)21/h2-8,13,24H,9-11H2,1H3,(H,22,26)/t13-,20-/m1/s1. The number of para-hydroxylation sites is 1. The largest absolute Gasteiger partial charge is 0.488 e. The van der Waals surface area contributed by atoms with Gasteiger partial charge in [-0.3, -0.25) is 9.69 Å². The second-order valence-corrected chi connectivity index (χ2v) is 6.93. The lowest BCUT2D eigenvalue weighted by Crippen LogP contribution is -2.42. The minimum Gasteiger partial charge on any atom is -0.488 e. The lowest BCUT2D eigenvalue weighted by molar-refractivity contribution is -0.132. The second kappa shape index (κ2) is 7.25. The molecule has 8 nitrogen and oxygen atoms in total. The Morgan fingerprint density at radius 2 is 2.00 bits per heavy atom. The van der Waals surface area contributed by atoms with E-state index in [-0.39, 0.29) is 25.7 Å². The summed E-state index contributed by atoms with van der Waals surface area (Å²) in [6.07, 6.45) is -1.19. The Morgan fingerprint density at radius 1 is 1.24 bits per heavy atom. The number of β-amino-alcohol motifs (C(OH)–C–C–N with tert-alkyl or cyclic N) is 1. The minimum atomic E-state index is -1.32. The highest BCUT2D eigenvalue weighted by atomic mass is 19.1. The molecule has 0 radical (unpaired) electrons. The molecule has 0 aliphatic carbocycles. The average Bonchev–Trinajstić information content (AvgIpc) is 3.26. The third kappa shape index (κ3) is 3.44. The summed E-state index contributed by atoms with van der Waals surface area (Å²) in [5.41, 5.74) is -0.788. The van der Waals surface area contributed by atoms with Crippen LogP contribution in [0.15, 0.2) is 42.5 Å². The van der Waals surface area contributed by atoms with Gasteiger partial charge in [0.1, 0.15) is 18.2 Å². The number of nitrogens with one attached hydrogen (secondary N) is 1. The first-order valence-electron chi connectivity index (χ1n) is 8.98. The van der Waals surface area contributed by atoms with Crippen molar-refractivity contribution in [3.63, 3.8) is 0 Å². The molecule has 0 bridgehead atoms. The van der Waals surface area contributed by atoms with Gasteiger partial charge in [-0.2, -0.15) is 0 Å². The molecule has 4 rings (SSSR count). The van der Waals surface area contributed by atoms with Gasteiger partial charge in [-0.05, 0) is 36.8 Å². The van der Waals surface area contributed by atoms with E-state index in [0.29, 0.717) is 17.1 Å². The van der Waals surface area contributed by atoms with Crippen LogP contribution in [0, 0.1) is 5.82 Å². The lowest BCUT2D eigenvalue weighted by Gasteiger charge is -2.23. The molecule has 29 heavy (non-hydrogen) atoms. The van der Waals surface area contributed by atoms with Crippen molar-refractivity contribution in [3.05, 3.63) is 53.8 Å². The summed E-state index contributed by atoms with van der Waals surface area (Å²) in [4.78, 5) is 26.3. The summed E-state index contributed by atoms with van der Waals surface area (Å²) in [5.74, 6) is -0.0560. The Hall–Kier alpha value is -3.33. The number of fused-ring (bicyclic) bond motifs is 1. The number of carbonyl (C=O) groups excluding carboxylic acids is 2. The van der Waals surface area contributed by atoms with Gasteiger partial charge in [0, 0.05) is 0 Å². The van der Waals surface area contributed by atoms with E-state index in [9.17, 15) is 19.1 Å². The molecule has 1 saturated heterocycles. The Balaban J connectivity index is 1.44. The van der Waals surface area contributed by atoms with Gasteiger partial charge in [0.15, 0.2) is 23.1 Å². The number of hydrogen-bond acceptors (Lipinski definition) is 6. The smallest absolute Gasteiger partial charge is 0.325 e. The van der Waals surface area contributed by atoms with Crippen LogP contribution in [-0.2, 0) is 10.3 Å². The quantitative estimate of drug-likeness (QED) is 0.715. The van der Waals surface area contributed by atoms with Gasteiger partial charge in [-0.15, -0.1) is 0 Å². The molecule has 152 valence electrons. The molecular formula is C20H19FN2O6. The first-order chi connectivity index (χ1) is 13.9. The molecule has 2 aliphatic heterocycles. The maximum absolute atomic E-state index is 13.6. The Kier molecular flexibility index (Phi) is 4.75. The Labute approximate surface area is 165 Å². The summed E-state index contributed by atoms with van der Waals surface area (Å²) in [6, 6.07) is 10.1.